The Bertz CT molecular complexity index is 1350. The number of benzene rings is 2. The van der Waals surface area contributed by atoms with Crippen molar-refractivity contribution in [3.63, 3.8) is 0 Å². The number of hydrogen-bond donors (Lipinski definition) is 1. The first-order valence-corrected chi connectivity index (χ1v) is 13.3. The van der Waals surface area contributed by atoms with Crippen molar-refractivity contribution in [1.82, 2.24) is 4.98 Å². The largest absolute Gasteiger partial charge is 0.300 e. The quantitative estimate of drug-likeness (QED) is 0.322. The van der Waals surface area contributed by atoms with Crippen molar-refractivity contribution in [1.29, 1.82) is 5.41 Å². The number of carbonyl (C=O) groups is 2. The Morgan fingerprint density at radius 3 is 2.39 bits per heavy atom. The summed E-state index contributed by atoms with van der Waals surface area (Å²) in [6, 6.07) is 20.9. The smallest absolute Gasteiger partial charge is 0.174 e. The Morgan fingerprint density at radius 1 is 1.03 bits per heavy atom. The molecule has 36 heavy (non-hydrogen) atoms. The van der Waals surface area contributed by atoms with Crippen LogP contribution in [0, 0.1) is 16.7 Å². The molecule has 6 heteroatoms. The first-order chi connectivity index (χ1) is 17.3. The van der Waals surface area contributed by atoms with Crippen LogP contribution in [0.2, 0.25) is 0 Å². The van der Waals surface area contributed by atoms with Gasteiger partial charge in [0.2, 0.25) is 0 Å². The normalized spacial score (nSPS) is 21.4. The summed E-state index contributed by atoms with van der Waals surface area (Å²) in [5, 5.41) is 9.42. The molecule has 5 rings (SSSR count). The minimum atomic E-state index is -0.836. The molecule has 2 aromatic carbocycles. The van der Waals surface area contributed by atoms with Gasteiger partial charge in [-0.25, -0.2) is 0 Å². The maximum absolute atomic E-state index is 14.1. The predicted octanol–water partition coefficient (Wildman–Crippen LogP) is 6.53. The fraction of sp³-hybridized carbons (Fsp3) is 0.267. The van der Waals surface area contributed by atoms with Gasteiger partial charge in [0.05, 0.1) is 17.8 Å². The second-order valence-electron chi connectivity index (χ2n) is 10.2. The summed E-state index contributed by atoms with van der Waals surface area (Å²) in [7, 11) is 0. The van der Waals surface area contributed by atoms with Gasteiger partial charge in [0.1, 0.15) is 5.84 Å². The number of nitrogens with zero attached hydrogens (tertiary/aromatic N) is 2. The highest BCUT2D eigenvalue weighted by molar-refractivity contribution is 7.98. The van der Waals surface area contributed by atoms with Crippen molar-refractivity contribution in [2.75, 3.05) is 11.2 Å². The van der Waals surface area contributed by atoms with Gasteiger partial charge < -0.3 is 4.90 Å². The van der Waals surface area contributed by atoms with Gasteiger partial charge in [0, 0.05) is 40.3 Å². The fourth-order valence-corrected chi connectivity index (χ4v) is 5.88. The Hall–Kier alpha value is -3.51. The van der Waals surface area contributed by atoms with Crippen LogP contribution in [0.3, 0.4) is 0 Å². The standard InChI is InChI=1S/C30H29N3O2S/c1-30(2)16-23-26(24(34)17-30)25(19-11-13-22(36-3)14-12-19)27(28(35)20-8-5-4-6-9-20)29(31)33(23)21-10-7-15-32-18-21/h4-15,18,25,27,31H,16-17H2,1-3H3. The van der Waals surface area contributed by atoms with Crippen LogP contribution in [-0.2, 0) is 4.79 Å². The number of ketones is 2. The second-order valence-corrected chi connectivity index (χ2v) is 11.1. The van der Waals surface area contributed by atoms with E-state index in [1.165, 1.54) is 0 Å². The number of aromatic nitrogens is 1. The van der Waals surface area contributed by atoms with Crippen LogP contribution in [0.4, 0.5) is 5.69 Å². The number of Topliss-reactive ketones (excluding diaryl/α,β-unsaturated/α-hetero) is 2. The van der Waals surface area contributed by atoms with Crippen LogP contribution < -0.4 is 4.90 Å². The number of rotatable bonds is 5. The van der Waals surface area contributed by atoms with Crippen LogP contribution in [0.1, 0.15) is 48.5 Å². The van der Waals surface area contributed by atoms with Crippen molar-refractivity contribution in [3.8, 4) is 0 Å². The van der Waals surface area contributed by atoms with E-state index in [-0.39, 0.29) is 22.8 Å². The van der Waals surface area contributed by atoms with Crippen LogP contribution >= 0.6 is 11.8 Å². The summed E-state index contributed by atoms with van der Waals surface area (Å²) >= 11 is 1.65. The van der Waals surface area contributed by atoms with E-state index in [9.17, 15) is 15.0 Å². The number of carbonyl (C=O) groups excluding carboxylic acids is 2. The molecule has 2 unspecified atom stereocenters. The molecule has 2 heterocycles. The number of amidine groups is 1. The maximum Gasteiger partial charge on any atom is 0.174 e. The van der Waals surface area contributed by atoms with Crippen LogP contribution in [0.25, 0.3) is 0 Å². The highest BCUT2D eigenvalue weighted by atomic mass is 32.2. The summed E-state index contributed by atoms with van der Waals surface area (Å²) < 4.78 is 0. The lowest BCUT2D eigenvalue weighted by molar-refractivity contribution is -0.118. The zero-order chi connectivity index (χ0) is 25.4. The zero-order valence-electron chi connectivity index (χ0n) is 20.7. The molecular formula is C30H29N3O2S. The number of allylic oxidation sites excluding steroid dienone is 2. The zero-order valence-corrected chi connectivity index (χ0v) is 21.5. The number of pyridine rings is 1. The van der Waals surface area contributed by atoms with Gasteiger partial charge in [-0.3, -0.25) is 20.0 Å². The molecule has 5 nitrogen and oxygen atoms in total. The molecule has 0 amide bonds. The monoisotopic (exact) mass is 495 g/mol. The minimum absolute atomic E-state index is 0.0486. The first kappa shape index (κ1) is 24.2. The van der Waals surface area contributed by atoms with Gasteiger partial charge in [-0.1, -0.05) is 56.3 Å². The third-order valence-corrected chi connectivity index (χ3v) is 7.81. The van der Waals surface area contributed by atoms with Crippen molar-refractivity contribution in [2.45, 2.75) is 37.5 Å². The molecule has 0 radical (unpaired) electrons. The van der Waals surface area contributed by atoms with Crippen LogP contribution in [0.5, 0.6) is 0 Å². The Labute approximate surface area is 216 Å². The Balaban J connectivity index is 1.77. The molecule has 3 aromatic rings. The summed E-state index contributed by atoms with van der Waals surface area (Å²) in [5.74, 6) is -1.28. The maximum atomic E-state index is 14.1. The molecule has 2 atom stereocenters. The number of nitrogens with one attached hydrogen (secondary N) is 1. The van der Waals surface area contributed by atoms with Crippen molar-refractivity contribution >= 4 is 34.9 Å². The van der Waals surface area contributed by atoms with E-state index >= 15 is 0 Å². The molecule has 0 bridgehead atoms. The third kappa shape index (κ3) is 4.30. The molecule has 1 aliphatic carbocycles. The van der Waals surface area contributed by atoms with Crippen LogP contribution in [-0.4, -0.2) is 28.6 Å². The number of hydrogen-bond acceptors (Lipinski definition) is 5. The van der Waals surface area contributed by atoms with Crippen LogP contribution in [0.15, 0.2) is 95.3 Å². The van der Waals surface area contributed by atoms with E-state index in [0.717, 1.165) is 16.2 Å². The summed E-state index contributed by atoms with van der Waals surface area (Å²) in [6.45, 7) is 4.17. The van der Waals surface area contributed by atoms with Gasteiger partial charge >= 0.3 is 0 Å². The fourth-order valence-electron chi connectivity index (χ4n) is 5.47. The van der Waals surface area contributed by atoms with E-state index in [0.29, 0.717) is 29.7 Å². The highest BCUT2D eigenvalue weighted by Gasteiger charge is 2.50. The molecule has 0 fully saturated rings. The molecule has 1 N–H and O–H groups in total. The van der Waals surface area contributed by atoms with E-state index in [1.807, 2.05) is 60.9 Å². The first-order valence-electron chi connectivity index (χ1n) is 12.1. The van der Waals surface area contributed by atoms with E-state index in [1.54, 1.807) is 41.2 Å². The molecule has 182 valence electrons. The molecule has 0 saturated carbocycles. The molecule has 1 aliphatic heterocycles. The number of anilines is 1. The third-order valence-electron chi connectivity index (χ3n) is 7.07. The van der Waals surface area contributed by atoms with Gasteiger partial charge in [-0.15, -0.1) is 11.8 Å². The SMILES string of the molecule is CSc1ccc(C2C3=C(CC(C)(C)CC3=O)N(c3cccnc3)C(=N)C2C(=O)c2ccccc2)cc1. The van der Waals surface area contributed by atoms with Crippen molar-refractivity contribution in [2.24, 2.45) is 11.3 Å². The summed E-state index contributed by atoms with van der Waals surface area (Å²) in [4.78, 5) is 35.1. The second kappa shape index (κ2) is 9.51. The summed E-state index contributed by atoms with van der Waals surface area (Å²) in [6.07, 6.45) is 6.45. The van der Waals surface area contributed by atoms with Crippen molar-refractivity contribution < 1.29 is 9.59 Å². The minimum Gasteiger partial charge on any atom is -0.300 e. The summed E-state index contributed by atoms with van der Waals surface area (Å²) in [5.41, 5.74) is 3.34. The molecular weight excluding hydrogens is 466 g/mol. The van der Waals surface area contributed by atoms with Gasteiger partial charge in [-0.05, 0) is 47.9 Å². The molecule has 0 spiro atoms. The Kier molecular flexibility index (Phi) is 6.39. The van der Waals surface area contributed by atoms with E-state index in [2.05, 4.69) is 18.8 Å². The average Bonchev–Trinajstić information content (AvgIpc) is 2.88. The topological polar surface area (TPSA) is 74.1 Å². The Morgan fingerprint density at radius 2 is 1.75 bits per heavy atom. The number of thioether (sulfide) groups is 1. The van der Waals surface area contributed by atoms with E-state index in [4.69, 9.17) is 0 Å². The average molecular weight is 496 g/mol. The van der Waals surface area contributed by atoms with Gasteiger partial charge in [0.15, 0.2) is 11.6 Å². The lowest BCUT2D eigenvalue weighted by Gasteiger charge is -2.47. The lowest BCUT2D eigenvalue weighted by Crippen LogP contribution is -2.50. The lowest BCUT2D eigenvalue weighted by atomic mass is 9.65. The molecule has 1 aromatic heterocycles. The van der Waals surface area contributed by atoms with Gasteiger partial charge in [-0.2, -0.15) is 0 Å². The molecule has 0 saturated heterocycles. The molecule has 2 aliphatic rings. The van der Waals surface area contributed by atoms with Gasteiger partial charge in [0.25, 0.3) is 0 Å². The predicted molar refractivity (Wildman–Crippen MR) is 145 cm³/mol. The highest BCUT2D eigenvalue weighted by Crippen LogP contribution is 2.50. The van der Waals surface area contributed by atoms with Crippen molar-refractivity contribution in [3.05, 3.63) is 102 Å². The van der Waals surface area contributed by atoms with E-state index < -0.39 is 11.8 Å².